The predicted octanol–water partition coefficient (Wildman–Crippen LogP) is 4.52. The predicted molar refractivity (Wildman–Crippen MR) is 117 cm³/mol. The highest BCUT2D eigenvalue weighted by Gasteiger charge is 2.33. The minimum Gasteiger partial charge on any atom is -0.421 e. The van der Waals surface area contributed by atoms with E-state index in [0.29, 0.717) is 29.7 Å². The Balaban J connectivity index is 1.60. The molecule has 0 aliphatic heterocycles. The molecule has 0 fully saturated rings. The van der Waals surface area contributed by atoms with Gasteiger partial charge < -0.3 is 20.7 Å². The SMILES string of the molecule is C=Nc1cc(C(F)(F)F)c(C)cc1NCNc1ccc(Oc2cc(CNC)ncn2)nc1. The first-order chi connectivity index (χ1) is 15.3. The van der Waals surface area contributed by atoms with Crippen LogP contribution in [-0.4, -0.2) is 35.4 Å². The van der Waals surface area contributed by atoms with Crippen molar-refractivity contribution in [2.75, 3.05) is 24.3 Å². The molecule has 2 aromatic heterocycles. The second kappa shape index (κ2) is 10.1. The van der Waals surface area contributed by atoms with E-state index in [-0.39, 0.29) is 17.9 Å². The van der Waals surface area contributed by atoms with E-state index in [1.807, 2.05) is 7.05 Å². The van der Waals surface area contributed by atoms with Crippen LogP contribution in [0.1, 0.15) is 16.8 Å². The van der Waals surface area contributed by atoms with Crippen molar-refractivity contribution in [3.05, 3.63) is 59.7 Å². The Morgan fingerprint density at radius 3 is 2.53 bits per heavy atom. The number of hydrogen-bond acceptors (Lipinski definition) is 8. The molecule has 0 atom stereocenters. The lowest BCUT2D eigenvalue weighted by Crippen LogP contribution is -2.13. The Morgan fingerprint density at radius 2 is 1.88 bits per heavy atom. The topological polar surface area (TPSA) is 96.4 Å². The molecule has 3 N–H and O–H groups in total. The van der Waals surface area contributed by atoms with Crippen LogP contribution < -0.4 is 20.7 Å². The molecule has 3 rings (SSSR count). The molecule has 0 bridgehead atoms. The molecule has 1 aromatic carbocycles. The monoisotopic (exact) mass is 445 g/mol. The van der Waals surface area contributed by atoms with Crippen molar-refractivity contribution in [1.82, 2.24) is 20.3 Å². The van der Waals surface area contributed by atoms with Crippen LogP contribution in [0.15, 0.2) is 47.8 Å². The zero-order chi connectivity index (χ0) is 23.1. The van der Waals surface area contributed by atoms with Crippen LogP contribution in [0.4, 0.5) is 30.2 Å². The molecule has 0 unspecified atom stereocenters. The van der Waals surface area contributed by atoms with Crippen molar-refractivity contribution in [2.45, 2.75) is 19.6 Å². The Morgan fingerprint density at radius 1 is 1.06 bits per heavy atom. The summed E-state index contributed by atoms with van der Waals surface area (Å²) in [5.74, 6) is 0.733. The number of hydrogen-bond donors (Lipinski definition) is 3. The van der Waals surface area contributed by atoms with Gasteiger partial charge in [0.15, 0.2) is 0 Å². The highest BCUT2D eigenvalue weighted by Crippen LogP contribution is 2.37. The average Bonchev–Trinajstić information content (AvgIpc) is 2.75. The third-order valence-corrected chi connectivity index (χ3v) is 4.39. The van der Waals surface area contributed by atoms with Crippen molar-refractivity contribution in [1.29, 1.82) is 0 Å². The van der Waals surface area contributed by atoms with Crippen molar-refractivity contribution >= 4 is 23.8 Å². The maximum absolute atomic E-state index is 13.1. The zero-order valence-corrected chi connectivity index (χ0v) is 17.5. The van der Waals surface area contributed by atoms with E-state index in [4.69, 9.17) is 4.74 Å². The fourth-order valence-corrected chi connectivity index (χ4v) is 2.88. The Labute approximate surface area is 183 Å². The summed E-state index contributed by atoms with van der Waals surface area (Å²) in [6.45, 7) is 5.57. The first-order valence-electron chi connectivity index (χ1n) is 9.56. The Hall–Kier alpha value is -3.73. The van der Waals surface area contributed by atoms with Gasteiger partial charge in [0, 0.05) is 18.7 Å². The van der Waals surface area contributed by atoms with Crippen molar-refractivity contribution in [3.8, 4) is 11.8 Å². The number of aromatic nitrogens is 3. The molecule has 0 spiro atoms. The fraction of sp³-hybridized carbons (Fsp3) is 0.238. The third kappa shape index (κ3) is 5.91. The van der Waals surface area contributed by atoms with E-state index in [0.717, 1.165) is 11.8 Å². The summed E-state index contributed by atoms with van der Waals surface area (Å²) < 4.78 is 44.8. The van der Waals surface area contributed by atoms with Crippen molar-refractivity contribution in [2.24, 2.45) is 4.99 Å². The lowest BCUT2D eigenvalue weighted by Gasteiger charge is -2.16. The first-order valence-corrected chi connectivity index (χ1v) is 9.56. The number of pyridine rings is 1. The second-order valence-electron chi connectivity index (χ2n) is 6.74. The summed E-state index contributed by atoms with van der Waals surface area (Å²) in [5, 5.41) is 9.09. The summed E-state index contributed by atoms with van der Waals surface area (Å²) >= 11 is 0. The van der Waals surface area contributed by atoms with E-state index < -0.39 is 11.7 Å². The molecule has 0 radical (unpaired) electrons. The Bertz CT molecular complexity index is 1070. The smallest absolute Gasteiger partial charge is 0.416 e. The standard InChI is InChI=1S/C21H22F3N7O/c1-13-6-18(17(26-3)8-16(13)21(22,23)24)30-11-28-14-4-5-19(27-10-14)32-20-7-15(9-25-2)29-12-31-20/h4-8,10,12,25,28,30H,3,9,11H2,1-2H3. The number of nitrogens with zero attached hydrogens (tertiary/aromatic N) is 4. The number of aliphatic imine (C=N–C) groups is 1. The third-order valence-electron chi connectivity index (χ3n) is 4.39. The molecular weight excluding hydrogens is 423 g/mol. The molecule has 0 aliphatic rings. The number of rotatable bonds is 9. The van der Waals surface area contributed by atoms with E-state index in [1.165, 1.54) is 19.3 Å². The molecule has 0 saturated heterocycles. The maximum atomic E-state index is 13.1. The molecule has 3 aromatic rings. The summed E-state index contributed by atoms with van der Waals surface area (Å²) in [4.78, 5) is 16.1. The maximum Gasteiger partial charge on any atom is 0.416 e. The van der Waals surface area contributed by atoms with Gasteiger partial charge in [-0.2, -0.15) is 13.2 Å². The number of anilines is 2. The van der Waals surface area contributed by atoms with Crippen LogP contribution in [-0.2, 0) is 12.7 Å². The van der Waals surface area contributed by atoms with Gasteiger partial charge in [0.05, 0.1) is 41.2 Å². The van der Waals surface area contributed by atoms with E-state index in [1.54, 1.807) is 24.4 Å². The van der Waals surface area contributed by atoms with Gasteiger partial charge in [-0.25, -0.2) is 15.0 Å². The molecule has 0 aliphatic carbocycles. The van der Waals surface area contributed by atoms with E-state index in [9.17, 15) is 13.2 Å². The lowest BCUT2D eigenvalue weighted by molar-refractivity contribution is -0.138. The van der Waals surface area contributed by atoms with Crippen LogP contribution in [0.25, 0.3) is 0 Å². The lowest BCUT2D eigenvalue weighted by atomic mass is 10.1. The first kappa shape index (κ1) is 22.9. The average molecular weight is 445 g/mol. The quantitative estimate of drug-likeness (QED) is 0.329. The summed E-state index contributed by atoms with van der Waals surface area (Å²) in [5.41, 5.74) is 1.38. The minimum absolute atomic E-state index is 0.0955. The van der Waals surface area contributed by atoms with Crippen molar-refractivity contribution in [3.63, 3.8) is 0 Å². The zero-order valence-electron chi connectivity index (χ0n) is 17.5. The minimum atomic E-state index is -4.45. The van der Waals surface area contributed by atoms with Crippen LogP contribution in [0.3, 0.4) is 0 Å². The Kier molecular flexibility index (Phi) is 7.21. The van der Waals surface area contributed by atoms with Crippen LogP contribution in [0.5, 0.6) is 11.8 Å². The molecule has 0 saturated carbocycles. The van der Waals surface area contributed by atoms with Gasteiger partial charge in [-0.15, -0.1) is 0 Å². The summed E-state index contributed by atoms with van der Waals surface area (Å²) in [7, 11) is 1.82. The van der Waals surface area contributed by atoms with E-state index >= 15 is 0 Å². The molecule has 168 valence electrons. The van der Waals surface area contributed by atoms with Gasteiger partial charge in [-0.3, -0.25) is 4.99 Å². The molecule has 2 heterocycles. The van der Waals surface area contributed by atoms with Gasteiger partial charge >= 0.3 is 6.18 Å². The molecule has 11 heteroatoms. The van der Waals surface area contributed by atoms with Crippen LogP contribution in [0.2, 0.25) is 0 Å². The molecule has 32 heavy (non-hydrogen) atoms. The largest absolute Gasteiger partial charge is 0.421 e. The van der Waals surface area contributed by atoms with Crippen LogP contribution in [0, 0.1) is 6.92 Å². The van der Waals surface area contributed by atoms with Gasteiger partial charge in [0.2, 0.25) is 11.8 Å². The summed E-state index contributed by atoms with van der Waals surface area (Å²) in [6, 6.07) is 7.51. The molecule has 0 amide bonds. The van der Waals surface area contributed by atoms with Gasteiger partial charge in [-0.1, -0.05) is 0 Å². The van der Waals surface area contributed by atoms with Gasteiger partial charge in [0.1, 0.15) is 6.33 Å². The second-order valence-corrected chi connectivity index (χ2v) is 6.74. The van der Waals surface area contributed by atoms with Crippen LogP contribution >= 0.6 is 0 Å². The normalized spacial score (nSPS) is 11.2. The fourth-order valence-electron chi connectivity index (χ4n) is 2.88. The number of aryl methyl sites for hydroxylation is 1. The number of nitrogens with one attached hydrogen (secondary N) is 3. The molecule has 8 nitrogen and oxygen atoms in total. The number of ether oxygens (including phenoxy) is 1. The number of halogens is 3. The van der Waals surface area contributed by atoms with E-state index in [2.05, 4.69) is 42.6 Å². The number of alkyl halides is 3. The van der Waals surface area contributed by atoms with Crippen molar-refractivity contribution < 1.29 is 17.9 Å². The highest BCUT2D eigenvalue weighted by molar-refractivity contribution is 5.70. The highest BCUT2D eigenvalue weighted by atomic mass is 19.4. The van der Waals surface area contributed by atoms with Gasteiger partial charge in [-0.05, 0) is 44.5 Å². The summed E-state index contributed by atoms with van der Waals surface area (Å²) in [6.07, 6.45) is -1.47. The van der Waals surface area contributed by atoms with Gasteiger partial charge in [0.25, 0.3) is 0 Å². The molecular formula is C21H22F3N7O. The number of benzene rings is 1.